The van der Waals surface area contributed by atoms with Crippen LogP contribution >= 0.6 is 11.8 Å². The molecule has 4 nitrogen and oxygen atoms in total. The molecule has 0 aliphatic heterocycles. The van der Waals surface area contributed by atoms with Crippen molar-refractivity contribution in [2.24, 2.45) is 5.73 Å². The third kappa shape index (κ3) is 2.79. The average molecular weight is 182 g/mol. The molecule has 0 fully saturated rings. The molecular weight excluding hydrogens is 172 g/mol. The second kappa shape index (κ2) is 3.96. The van der Waals surface area contributed by atoms with E-state index >= 15 is 0 Å². The van der Waals surface area contributed by atoms with E-state index in [1.54, 1.807) is 12.3 Å². The van der Waals surface area contributed by atoms with Crippen LogP contribution in [0.25, 0.3) is 0 Å². The maximum atomic E-state index is 6.99. The molecule has 5 N–H and O–H groups in total. The van der Waals surface area contributed by atoms with E-state index in [1.165, 1.54) is 11.8 Å². The van der Waals surface area contributed by atoms with Gasteiger partial charge in [-0.25, -0.2) is 4.98 Å². The number of aromatic nitrogens is 1. The molecule has 1 aromatic rings. The molecule has 0 bridgehead atoms. The first-order chi connectivity index (χ1) is 5.68. The number of hydrogen-bond donors (Lipinski definition) is 3. The standard InChI is InChI=1S/C7H10N4S/c8-6-3-5(1-2-11-6)4-12-7(9)10/h1-3H,4H2,(H2,8,11)(H3,9,10). The van der Waals surface area contributed by atoms with Gasteiger partial charge in [0.1, 0.15) is 5.82 Å². The zero-order valence-electron chi connectivity index (χ0n) is 6.45. The van der Waals surface area contributed by atoms with Gasteiger partial charge in [-0.05, 0) is 17.7 Å². The van der Waals surface area contributed by atoms with E-state index in [0.717, 1.165) is 5.56 Å². The molecule has 0 spiro atoms. The monoisotopic (exact) mass is 182 g/mol. The highest BCUT2D eigenvalue weighted by molar-refractivity contribution is 8.13. The number of pyridine rings is 1. The number of nitrogen functional groups attached to an aromatic ring is 1. The number of thioether (sulfide) groups is 1. The van der Waals surface area contributed by atoms with Gasteiger partial charge < -0.3 is 11.5 Å². The molecule has 0 aliphatic rings. The fourth-order valence-electron chi connectivity index (χ4n) is 0.745. The summed E-state index contributed by atoms with van der Waals surface area (Å²) in [4.78, 5) is 3.85. The van der Waals surface area contributed by atoms with Crippen molar-refractivity contribution in [1.29, 1.82) is 5.41 Å². The van der Waals surface area contributed by atoms with Crippen molar-refractivity contribution in [2.45, 2.75) is 5.75 Å². The van der Waals surface area contributed by atoms with Gasteiger partial charge in [-0.3, -0.25) is 5.41 Å². The molecule has 0 aliphatic carbocycles. The zero-order chi connectivity index (χ0) is 8.97. The van der Waals surface area contributed by atoms with Crippen molar-refractivity contribution in [3.05, 3.63) is 23.9 Å². The minimum atomic E-state index is 0.116. The Morgan fingerprint density at radius 1 is 1.67 bits per heavy atom. The Morgan fingerprint density at radius 3 is 3.00 bits per heavy atom. The molecular formula is C7H10N4S. The summed E-state index contributed by atoms with van der Waals surface area (Å²) in [7, 11) is 0. The summed E-state index contributed by atoms with van der Waals surface area (Å²) in [5.41, 5.74) is 11.7. The van der Waals surface area contributed by atoms with Gasteiger partial charge in [-0.15, -0.1) is 0 Å². The molecule has 0 amide bonds. The van der Waals surface area contributed by atoms with Crippen molar-refractivity contribution >= 4 is 22.7 Å². The number of anilines is 1. The van der Waals surface area contributed by atoms with Crippen LogP contribution in [0.15, 0.2) is 18.3 Å². The lowest BCUT2D eigenvalue weighted by atomic mass is 10.3. The van der Waals surface area contributed by atoms with Crippen molar-refractivity contribution in [3.63, 3.8) is 0 Å². The number of nitrogens with two attached hydrogens (primary N) is 2. The molecule has 0 radical (unpaired) electrons. The zero-order valence-corrected chi connectivity index (χ0v) is 7.27. The molecule has 0 aromatic carbocycles. The third-order valence-electron chi connectivity index (χ3n) is 1.24. The quantitative estimate of drug-likeness (QED) is 0.466. The van der Waals surface area contributed by atoms with Crippen LogP contribution in [0, 0.1) is 5.41 Å². The number of nitrogens with zero attached hydrogens (tertiary/aromatic N) is 1. The minimum Gasteiger partial charge on any atom is -0.384 e. The smallest absolute Gasteiger partial charge is 0.151 e. The molecule has 1 aromatic heterocycles. The number of amidine groups is 1. The Kier molecular flexibility index (Phi) is 2.93. The van der Waals surface area contributed by atoms with Gasteiger partial charge in [0.15, 0.2) is 5.17 Å². The summed E-state index contributed by atoms with van der Waals surface area (Å²) in [6.07, 6.45) is 1.64. The minimum absolute atomic E-state index is 0.116. The van der Waals surface area contributed by atoms with Crippen LogP contribution in [0.5, 0.6) is 0 Å². The van der Waals surface area contributed by atoms with Crippen LogP contribution < -0.4 is 11.5 Å². The summed E-state index contributed by atoms with van der Waals surface area (Å²) in [6, 6.07) is 3.63. The van der Waals surface area contributed by atoms with E-state index in [9.17, 15) is 0 Å². The normalized spacial score (nSPS) is 9.67. The molecule has 0 saturated heterocycles. The Balaban J connectivity index is 2.57. The third-order valence-corrected chi connectivity index (χ3v) is 2.03. The lowest BCUT2D eigenvalue weighted by molar-refractivity contribution is 1.28. The van der Waals surface area contributed by atoms with Gasteiger partial charge in [-0.1, -0.05) is 11.8 Å². The predicted molar refractivity (Wildman–Crippen MR) is 51.9 cm³/mol. The fourth-order valence-corrected chi connectivity index (χ4v) is 1.25. The summed E-state index contributed by atoms with van der Waals surface area (Å²) in [5, 5.41) is 7.11. The van der Waals surface area contributed by atoms with Crippen LogP contribution in [-0.4, -0.2) is 10.2 Å². The molecule has 0 saturated carbocycles. The van der Waals surface area contributed by atoms with Gasteiger partial charge in [0, 0.05) is 11.9 Å². The highest BCUT2D eigenvalue weighted by Gasteiger charge is 1.95. The number of hydrogen-bond acceptors (Lipinski definition) is 4. The molecule has 0 atom stereocenters. The number of nitrogens with one attached hydrogen (secondary N) is 1. The topological polar surface area (TPSA) is 88.8 Å². The van der Waals surface area contributed by atoms with Crippen molar-refractivity contribution in [3.8, 4) is 0 Å². The highest BCUT2D eigenvalue weighted by atomic mass is 32.2. The Labute approximate surface area is 74.9 Å². The first-order valence-electron chi connectivity index (χ1n) is 3.35. The van der Waals surface area contributed by atoms with Crippen LogP contribution in [0.3, 0.4) is 0 Å². The van der Waals surface area contributed by atoms with Crippen molar-refractivity contribution in [1.82, 2.24) is 4.98 Å². The van der Waals surface area contributed by atoms with Gasteiger partial charge >= 0.3 is 0 Å². The SMILES string of the molecule is N=C(N)SCc1ccnc(N)c1. The summed E-state index contributed by atoms with van der Waals surface area (Å²) >= 11 is 1.27. The van der Waals surface area contributed by atoms with E-state index in [1.807, 2.05) is 6.07 Å². The van der Waals surface area contributed by atoms with Gasteiger partial charge in [0.05, 0.1) is 0 Å². The maximum Gasteiger partial charge on any atom is 0.151 e. The lowest BCUT2D eigenvalue weighted by Gasteiger charge is -1.99. The first kappa shape index (κ1) is 8.86. The van der Waals surface area contributed by atoms with Crippen LogP contribution in [0.1, 0.15) is 5.56 Å². The fraction of sp³-hybridized carbons (Fsp3) is 0.143. The molecule has 0 unspecified atom stereocenters. The van der Waals surface area contributed by atoms with Crippen LogP contribution in [0.2, 0.25) is 0 Å². The Bertz CT molecular complexity index is 286. The molecule has 5 heteroatoms. The molecule has 12 heavy (non-hydrogen) atoms. The largest absolute Gasteiger partial charge is 0.384 e. The number of rotatable bonds is 2. The Morgan fingerprint density at radius 2 is 2.42 bits per heavy atom. The van der Waals surface area contributed by atoms with Crippen molar-refractivity contribution in [2.75, 3.05) is 5.73 Å². The van der Waals surface area contributed by atoms with Gasteiger partial charge in [0.25, 0.3) is 0 Å². The second-order valence-electron chi connectivity index (χ2n) is 2.24. The average Bonchev–Trinajstić information content (AvgIpc) is 2.01. The first-order valence-corrected chi connectivity index (χ1v) is 4.34. The maximum absolute atomic E-state index is 6.99. The van der Waals surface area contributed by atoms with Crippen LogP contribution in [-0.2, 0) is 5.75 Å². The van der Waals surface area contributed by atoms with E-state index in [4.69, 9.17) is 16.9 Å². The predicted octanol–water partition coefficient (Wildman–Crippen LogP) is 0.790. The van der Waals surface area contributed by atoms with Crippen LogP contribution in [0.4, 0.5) is 5.82 Å². The lowest BCUT2D eigenvalue weighted by Crippen LogP contribution is -2.03. The molecule has 1 rings (SSSR count). The van der Waals surface area contributed by atoms with E-state index in [0.29, 0.717) is 11.6 Å². The second-order valence-corrected chi connectivity index (χ2v) is 3.26. The summed E-state index contributed by atoms with van der Waals surface area (Å²) in [5.74, 6) is 1.17. The van der Waals surface area contributed by atoms with E-state index in [2.05, 4.69) is 4.98 Å². The van der Waals surface area contributed by atoms with Gasteiger partial charge in [0.2, 0.25) is 0 Å². The van der Waals surface area contributed by atoms with Gasteiger partial charge in [-0.2, -0.15) is 0 Å². The highest BCUT2D eigenvalue weighted by Crippen LogP contribution is 2.11. The molecule has 1 heterocycles. The van der Waals surface area contributed by atoms with E-state index in [-0.39, 0.29) is 5.17 Å². The van der Waals surface area contributed by atoms with E-state index < -0.39 is 0 Å². The van der Waals surface area contributed by atoms with Crippen molar-refractivity contribution < 1.29 is 0 Å². The summed E-state index contributed by atoms with van der Waals surface area (Å²) in [6.45, 7) is 0. The summed E-state index contributed by atoms with van der Waals surface area (Å²) < 4.78 is 0. The Hall–Kier alpha value is -1.23. The molecule has 64 valence electrons.